The van der Waals surface area contributed by atoms with E-state index < -0.39 is 24.1 Å². The maximum Gasteiger partial charge on any atom is 0.326 e. The van der Waals surface area contributed by atoms with Crippen LogP contribution in [0, 0.1) is 12.3 Å². The van der Waals surface area contributed by atoms with E-state index in [1.807, 2.05) is 0 Å². The van der Waals surface area contributed by atoms with Crippen LogP contribution in [0.15, 0.2) is 0 Å². The van der Waals surface area contributed by atoms with Gasteiger partial charge in [0.25, 0.3) is 0 Å². The molecule has 1 unspecified atom stereocenters. The molecule has 14 heavy (non-hydrogen) atoms. The van der Waals surface area contributed by atoms with Crippen molar-refractivity contribution in [1.82, 2.24) is 10.6 Å². The minimum Gasteiger partial charge on any atom is -0.480 e. The average Bonchev–Trinajstić information content (AvgIpc) is 2.13. The van der Waals surface area contributed by atoms with Crippen LogP contribution in [0.1, 0.15) is 20.3 Å². The van der Waals surface area contributed by atoms with Gasteiger partial charge in [0.05, 0.1) is 6.04 Å². The zero-order valence-electron chi connectivity index (χ0n) is 8.20. The van der Waals surface area contributed by atoms with Crippen LogP contribution in [0.3, 0.4) is 0 Å². The average molecular weight is 198 g/mol. The van der Waals surface area contributed by atoms with Crippen LogP contribution in [-0.2, 0) is 4.79 Å². The van der Waals surface area contributed by atoms with Crippen LogP contribution < -0.4 is 10.6 Å². The molecular weight excluding hydrogens is 184 g/mol. The van der Waals surface area contributed by atoms with E-state index in [0.717, 1.165) is 0 Å². The van der Waals surface area contributed by atoms with Gasteiger partial charge in [-0.2, -0.15) is 0 Å². The maximum atomic E-state index is 11.1. The summed E-state index contributed by atoms with van der Waals surface area (Å²) in [6, 6.07) is -1.86. The lowest BCUT2D eigenvalue weighted by Gasteiger charge is -2.14. The van der Waals surface area contributed by atoms with Crippen LogP contribution in [-0.4, -0.2) is 29.2 Å². The number of carbonyl (C=O) groups excluding carboxylic acids is 1. The van der Waals surface area contributed by atoms with Crippen molar-refractivity contribution in [3.05, 3.63) is 0 Å². The molecule has 2 amide bonds. The highest BCUT2D eigenvalue weighted by molar-refractivity contribution is 5.82. The highest BCUT2D eigenvalue weighted by Gasteiger charge is 2.17. The SMILES string of the molecule is C#CC(C)NC(=O)N[C@@H](CC)C(=O)O. The van der Waals surface area contributed by atoms with E-state index in [-0.39, 0.29) is 0 Å². The van der Waals surface area contributed by atoms with Crippen molar-refractivity contribution in [3.8, 4) is 12.3 Å². The first-order chi connectivity index (χ1) is 6.51. The van der Waals surface area contributed by atoms with Crippen molar-refractivity contribution >= 4 is 12.0 Å². The molecule has 0 spiro atoms. The molecule has 0 rings (SSSR count). The van der Waals surface area contributed by atoms with Gasteiger partial charge in [-0.1, -0.05) is 12.8 Å². The number of nitrogens with one attached hydrogen (secondary N) is 2. The predicted octanol–water partition coefficient (Wildman–Crippen LogP) is 0.170. The number of urea groups is 1. The van der Waals surface area contributed by atoms with Crippen LogP contribution in [0.4, 0.5) is 4.79 Å². The van der Waals surface area contributed by atoms with Gasteiger partial charge in [0.2, 0.25) is 0 Å². The van der Waals surface area contributed by atoms with Gasteiger partial charge in [0.15, 0.2) is 0 Å². The standard InChI is InChI=1S/C9H14N2O3/c1-4-6(3)10-9(14)11-7(5-2)8(12)13/h1,6-7H,5H2,2-3H3,(H,12,13)(H2,10,11,14)/t6?,7-/m0/s1. The molecule has 0 heterocycles. The summed E-state index contributed by atoms with van der Waals surface area (Å²) < 4.78 is 0. The second-order valence-corrected chi connectivity index (χ2v) is 2.81. The minimum atomic E-state index is -1.06. The highest BCUT2D eigenvalue weighted by atomic mass is 16.4. The number of carbonyl (C=O) groups is 2. The van der Waals surface area contributed by atoms with Crippen LogP contribution in [0.5, 0.6) is 0 Å². The molecule has 0 aromatic carbocycles. The van der Waals surface area contributed by atoms with Gasteiger partial charge in [-0.05, 0) is 13.3 Å². The lowest BCUT2D eigenvalue weighted by atomic mass is 10.2. The summed E-state index contributed by atoms with van der Waals surface area (Å²) >= 11 is 0. The van der Waals surface area contributed by atoms with Crippen molar-refractivity contribution in [2.45, 2.75) is 32.4 Å². The number of amides is 2. The van der Waals surface area contributed by atoms with E-state index in [0.29, 0.717) is 6.42 Å². The van der Waals surface area contributed by atoms with E-state index >= 15 is 0 Å². The van der Waals surface area contributed by atoms with Crippen molar-refractivity contribution in [2.24, 2.45) is 0 Å². The van der Waals surface area contributed by atoms with Gasteiger partial charge in [-0.15, -0.1) is 6.42 Å². The molecular formula is C9H14N2O3. The number of hydrogen-bond donors (Lipinski definition) is 3. The Morgan fingerprint density at radius 2 is 2.07 bits per heavy atom. The summed E-state index contributed by atoms with van der Waals surface area (Å²) in [6.45, 7) is 3.30. The quantitative estimate of drug-likeness (QED) is 0.563. The summed E-state index contributed by atoms with van der Waals surface area (Å²) in [5.41, 5.74) is 0. The Hall–Kier alpha value is -1.70. The molecule has 0 radical (unpaired) electrons. The van der Waals surface area contributed by atoms with Gasteiger partial charge in [-0.25, -0.2) is 9.59 Å². The zero-order valence-corrected chi connectivity index (χ0v) is 8.20. The monoisotopic (exact) mass is 198 g/mol. The molecule has 0 bridgehead atoms. The Labute approximate surface area is 82.9 Å². The van der Waals surface area contributed by atoms with Gasteiger partial charge in [0.1, 0.15) is 6.04 Å². The summed E-state index contributed by atoms with van der Waals surface area (Å²) in [5.74, 6) is 1.24. The number of carboxylic acid groups (broad SMARTS) is 1. The van der Waals surface area contributed by atoms with Crippen LogP contribution >= 0.6 is 0 Å². The second-order valence-electron chi connectivity index (χ2n) is 2.81. The summed E-state index contributed by atoms with van der Waals surface area (Å²) in [6.07, 6.45) is 5.36. The molecule has 5 heteroatoms. The van der Waals surface area contributed by atoms with Gasteiger partial charge >= 0.3 is 12.0 Å². The Balaban J connectivity index is 4.05. The Kier molecular flexibility index (Phi) is 5.15. The van der Waals surface area contributed by atoms with Gasteiger partial charge < -0.3 is 15.7 Å². The van der Waals surface area contributed by atoms with E-state index in [9.17, 15) is 9.59 Å². The fourth-order valence-corrected chi connectivity index (χ4v) is 0.777. The lowest BCUT2D eigenvalue weighted by molar-refractivity contribution is -0.139. The predicted molar refractivity (Wildman–Crippen MR) is 51.7 cm³/mol. The molecule has 0 aromatic heterocycles. The largest absolute Gasteiger partial charge is 0.480 e. The number of rotatable bonds is 4. The molecule has 3 N–H and O–H groups in total. The first-order valence-corrected chi connectivity index (χ1v) is 4.27. The minimum absolute atomic E-state index is 0.327. The summed E-state index contributed by atoms with van der Waals surface area (Å²) in [4.78, 5) is 21.6. The second kappa shape index (κ2) is 5.86. The molecule has 0 aliphatic rings. The number of aliphatic carboxylic acids is 1. The normalized spacial score (nSPS) is 13.5. The summed E-state index contributed by atoms with van der Waals surface area (Å²) in [7, 11) is 0. The van der Waals surface area contributed by atoms with Crippen molar-refractivity contribution < 1.29 is 14.7 Å². The smallest absolute Gasteiger partial charge is 0.326 e. The summed E-state index contributed by atoms with van der Waals surface area (Å²) in [5, 5.41) is 13.3. The molecule has 2 atom stereocenters. The Morgan fingerprint density at radius 3 is 2.43 bits per heavy atom. The van der Waals surface area contributed by atoms with Crippen molar-refractivity contribution in [3.63, 3.8) is 0 Å². The van der Waals surface area contributed by atoms with Gasteiger partial charge in [0, 0.05) is 0 Å². The van der Waals surface area contributed by atoms with Crippen LogP contribution in [0.2, 0.25) is 0 Å². The molecule has 0 saturated heterocycles. The number of terminal acetylenes is 1. The Bertz CT molecular complexity index is 257. The first-order valence-electron chi connectivity index (χ1n) is 4.27. The molecule has 0 aliphatic carbocycles. The van der Waals surface area contributed by atoms with E-state index in [1.54, 1.807) is 13.8 Å². The molecule has 5 nitrogen and oxygen atoms in total. The molecule has 0 saturated carbocycles. The maximum absolute atomic E-state index is 11.1. The van der Waals surface area contributed by atoms with E-state index in [2.05, 4.69) is 16.6 Å². The van der Waals surface area contributed by atoms with Gasteiger partial charge in [-0.3, -0.25) is 0 Å². The fourth-order valence-electron chi connectivity index (χ4n) is 0.777. The zero-order chi connectivity index (χ0) is 11.1. The number of hydrogen-bond acceptors (Lipinski definition) is 2. The van der Waals surface area contributed by atoms with Crippen molar-refractivity contribution in [1.29, 1.82) is 0 Å². The van der Waals surface area contributed by atoms with E-state index in [1.165, 1.54) is 0 Å². The molecule has 0 aliphatic heterocycles. The Morgan fingerprint density at radius 1 is 1.50 bits per heavy atom. The topological polar surface area (TPSA) is 78.4 Å². The fraction of sp³-hybridized carbons (Fsp3) is 0.556. The third-order valence-electron chi connectivity index (χ3n) is 1.61. The van der Waals surface area contributed by atoms with E-state index in [4.69, 9.17) is 11.5 Å². The van der Waals surface area contributed by atoms with Crippen molar-refractivity contribution in [2.75, 3.05) is 0 Å². The van der Waals surface area contributed by atoms with Crippen LogP contribution in [0.25, 0.3) is 0 Å². The number of carboxylic acids is 1. The molecule has 0 aromatic rings. The molecule has 78 valence electrons. The third-order valence-corrected chi connectivity index (χ3v) is 1.61. The highest BCUT2D eigenvalue weighted by Crippen LogP contribution is 1.90. The third kappa shape index (κ3) is 4.36. The lowest BCUT2D eigenvalue weighted by Crippen LogP contribution is -2.47. The first kappa shape index (κ1) is 12.3. The molecule has 0 fully saturated rings.